The van der Waals surface area contributed by atoms with Crippen molar-refractivity contribution >= 4 is 11.6 Å². The molecular formula is C12H10ClN3O. The van der Waals surface area contributed by atoms with Gasteiger partial charge in [0.25, 0.3) is 5.56 Å². The SMILES string of the molecule is O=c1[nH]c(-c2ccccc2Cl)nc2c1CNC2. The van der Waals surface area contributed by atoms with Gasteiger partial charge in [0.2, 0.25) is 0 Å². The Bertz CT molecular complexity index is 636. The summed E-state index contributed by atoms with van der Waals surface area (Å²) in [5, 5.41) is 3.69. The Balaban J connectivity index is 2.20. The van der Waals surface area contributed by atoms with Crippen LogP contribution in [0, 0.1) is 0 Å². The van der Waals surface area contributed by atoms with Gasteiger partial charge >= 0.3 is 0 Å². The first-order valence-electron chi connectivity index (χ1n) is 5.33. The second-order valence-electron chi connectivity index (χ2n) is 3.92. The summed E-state index contributed by atoms with van der Waals surface area (Å²) in [6, 6.07) is 7.34. The maximum Gasteiger partial charge on any atom is 0.255 e. The van der Waals surface area contributed by atoms with Gasteiger partial charge in [-0.15, -0.1) is 0 Å². The van der Waals surface area contributed by atoms with Gasteiger partial charge in [0, 0.05) is 18.7 Å². The molecule has 1 aliphatic rings. The highest BCUT2D eigenvalue weighted by atomic mass is 35.5. The molecule has 0 saturated heterocycles. The molecule has 1 aromatic heterocycles. The highest BCUT2D eigenvalue weighted by Crippen LogP contribution is 2.24. The minimum atomic E-state index is -0.0880. The third kappa shape index (κ3) is 1.75. The molecule has 3 rings (SSSR count). The average Bonchev–Trinajstić information content (AvgIpc) is 2.78. The van der Waals surface area contributed by atoms with Gasteiger partial charge in [-0.25, -0.2) is 4.98 Å². The lowest BCUT2D eigenvalue weighted by atomic mass is 10.2. The van der Waals surface area contributed by atoms with Gasteiger partial charge in [0.15, 0.2) is 0 Å². The van der Waals surface area contributed by atoms with Crippen molar-refractivity contribution in [3.05, 3.63) is 50.9 Å². The zero-order valence-electron chi connectivity index (χ0n) is 8.96. The monoisotopic (exact) mass is 247 g/mol. The number of hydrogen-bond donors (Lipinski definition) is 2. The minimum Gasteiger partial charge on any atom is -0.307 e. The maximum atomic E-state index is 11.8. The van der Waals surface area contributed by atoms with Crippen LogP contribution in [0.25, 0.3) is 11.4 Å². The molecule has 0 bridgehead atoms. The minimum absolute atomic E-state index is 0.0880. The number of nitrogens with zero attached hydrogens (tertiary/aromatic N) is 1. The summed E-state index contributed by atoms with van der Waals surface area (Å²) in [5.74, 6) is 0.531. The Labute approximate surface area is 103 Å². The van der Waals surface area contributed by atoms with Crippen LogP contribution in [0.1, 0.15) is 11.3 Å². The molecule has 4 nitrogen and oxygen atoms in total. The van der Waals surface area contributed by atoms with Crippen LogP contribution in [-0.2, 0) is 13.1 Å². The summed E-state index contributed by atoms with van der Waals surface area (Å²) in [6.45, 7) is 1.22. The largest absolute Gasteiger partial charge is 0.307 e. The molecule has 1 aliphatic heterocycles. The quantitative estimate of drug-likeness (QED) is 0.806. The molecule has 2 aromatic rings. The number of H-pyrrole nitrogens is 1. The molecule has 0 aliphatic carbocycles. The highest BCUT2D eigenvalue weighted by Gasteiger charge is 2.17. The molecule has 1 aromatic carbocycles. The molecule has 5 heteroatoms. The van der Waals surface area contributed by atoms with Crippen molar-refractivity contribution in [2.45, 2.75) is 13.1 Å². The van der Waals surface area contributed by atoms with E-state index in [1.54, 1.807) is 6.07 Å². The number of rotatable bonds is 1. The highest BCUT2D eigenvalue weighted by molar-refractivity contribution is 6.33. The van der Waals surface area contributed by atoms with Gasteiger partial charge in [-0.05, 0) is 12.1 Å². The molecule has 0 atom stereocenters. The topological polar surface area (TPSA) is 57.8 Å². The predicted molar refractivity (Wildman–Crippen MR) is 65.8 cm³/mol. The summed E-state index contributed by atoms with van der Waals surface area (Å²) < 4.78 is 0. The molecule has 2 heterocycles. The average molecular weight is 248 g/mol. The second-order valence-corrected chi connectivity index (χ2v) is 4.33. The van der Waals surface area contributed by atoms with E-state index in [9.17, 15) is 4.79 Å². The zero-order valence-corrected chi connectivity index (χ0v) is 9.71. The number of benzene rings is 1. The van der Waals surface area contributed by atoms with E-state index in [4.69, 9.17) is 11.6 Å². The summed E-state index contributed by atoms with van der Waals surface area (Å²) >= 11 is 6.08. The molecule has 0 amide bonds. The first-order chi connectivity index (χ1) is 8.25. The van der Waals surface area contributed by atoms with Crippen molar-refractivity contribution in [1.29, 1.82) is 0 Å². The summed E-state index contributed by atoms with van der Waals surface area (Å²) in [5.41, 5.74) is 2.19. The van der Waals surface area contributed by atoms with Crippen molar-refractivity contribution in [2.24, 2.45) is 0 Å². The number of aromatic amines is 1. The number of halogens is 1. The summed E-state index contributed by atoms with van der Waals surface area (Å²) in [4.78, 5) is 19.1. The van der Waals surface area contributed by atoms with Crippen LogP contribution in [0.4, 0.5) is 0 Å². The lowest BCUT2D eigenvalue weighted by Gasteiger charge is -2.05. The molecule has 17 heavy (non-hydrogen) atoms. The van der Waals surface area contributed by atoms with Crippen molar-refractivity contribution in [3.8, 4) is 11.4 Å². The maximum absolute atomic E-state index is 11.8. The number of nitrogens with one attached hydrogen (secondary N) is 2. The van der Waals surface area contributed by atoms with Gasteiger partial charge in [-0.2, -0.15) is 0 Å². The molecular weight excluding hydrogens is 238 g/mol. The zero-order chi connectivity index (χ0) is 11.8. The normalized spacial score (nSPS) is 13.7. The first-order valence-corrected chi connectivity index (χ1v) is 5.71. The molecule has 2 N–H and O–H groups in total. The number of fused-ring (bicyclic) bond motifs is 1. The summed E-state index contributed by atoms with van der Waals surface area (Å²) in [6.07, 6.45) is 0. The smallest absolute Gasteiger partial charge is 0.255 e. The van der Waals surface area contributed by atoms with Crippen molar-refractivity contribution in [3.63, 3.8) is 0 Å². The molecule has 86 valence electrons. The Kier molecular flexibility index (Phi) is 2.46. The fraction of sp³-hybridized carbons (Fsp3) is 0.167. The van der Waals surface area contributed by atoms with E-state index in [0.29, 0.717) is 23.9 Å². The molecule has 0 fully saturated rings. The molecule has 0 radical (unpaired) electrons. The Morgan fingerprint density at radius 1 is 1.24 bits per heavy atom. The van der Waals surface area contributed by atoms with E-state index in [1.807, 2.05) is 18.2 Å². The van der Waals surface area contributed by atoms with Crippen molar-refractivity contribution < 1.29 is 0 Å². The third-order valence-corrected chi connectivity index (χ3v) is 3.15. The first kappa shape index (κ1) is 10.5. The van der Waals surface area contributed by atoms with E-state index in [-0.39, 0.29) is 5.56 Å². The molecule has 0 spiro atoms. The van der Waals surface area contributed by atoms with Gasteiger partial charge < -0.3 is 10.3 Å². The standard InChI is InChI=1S/C12H10ClN3O/c13-9-4-2-1-3-7(9)11-15-10-6-14-5-8(10)12(17)16-11/h1-4,14H,5-6H2,(H,15,16,17). The van der Waals surface area contributed by atoms with Crippen LogP contribution in [-0.4, -0.2) is 9.97 Å². The predicted octanol–water partition coefficient (Wildman–Crippen LogP) is 1.69. The van der Waals surface area contributed by atoms with Crippen LogP contribution in [0.5, 0.6) is 0 Å². The Morgan fingerprint density at radius 3 is 2.88 bits per heavy atom. The number of hydrogen-bond acceptors (Lipinski definition) is 3. The van der Waals surface area contributed by atoms with Gasteiger partial charge in [0.05, 0.1) is 16.3 Å². The molecule has 0 saturated carbocycles. The number of aromatic nitrogens is 2. The van der Waals surface area contributed by atoms with Crippen LogP contribution >= 0.6 is 11.6 Å². The van der Waals surface area contributed by atoms with Crippen molar-refractivity contribution in [2.75, 3.05) is 0 Å². The van der Waals surface area contributed by atoms with E-state index < -0.39 is 0 Å². The van der Waals surface area contributed by atoms with E-state index >= 15 is 0 Å². The van der Waals surface area contributed by atoms with Crippen molar-refractivity contribution in [1.82, 2.24) is 15.3 Å². The van der Waals surface area contributed by atoms with E-state index in [0.717, 1.165) is 16.8 Å². The van der Waals surface area contributed by atoms with Crippen LogP contribution in [0.15, 0.2) is 29.1 Å². The lowest BCUT2D eigenvalue weighted by molar-refractivity contribution is 0.757. The van der Waals surface area contributed by atoms with Gasteiger partial charge in [-0.3, -0.25) is 4.79 Å². The third-order valence-electron chi connectivity index (χ3n) is 2.82. The van der Waals surface area contributed by atoms with Gasteiger partial charge in [0.1, 0.15) is 5.82 Å². The van der Waals surface area contributed by atoms with Crippen LogP contribution in [0.2, 0.25) is 5.02 Å². The fourth-order valence-electron chi connectivity index (χ4n) is 1.96. The Morgan fingerprint density at radius 2 is 2.06 bits per heavy atom. The van der Waals surface area contributed by atoms with Gasteiger partial charge in [-0.1, -0.05) is 23.7 Å². The van der Waals surface area contributed by atoms with E-state index in [2.05, 4.69) is 15.3 Å². The van der Waals surface area contributed by atoms with E-state index in [1.165, 1.54) is 0 Å². The second kappa shape index (κ2) is 3.98. The van der Waals surface area contributed by atoms with Crippen LogP contribution in [0.3, 0.4) is 0 Å². The molecule has 0 unspecified atom stereocenters. The summed E-state index contributed by atoms with van der Waals surface area (Å²) in [7, 11) is 0. The van der Waals surface area contributed by atoms with Crippen LogP contribution < -0.4 is 10.9 Å². The Hall–Kier alpha value is -1.65. The fourth-order valence-corrected chi connectivity index (χ4v) is 2.18. The lowest BCUT2D eigenvalue weighted by Crippen LogP contribution is -2.15.